The fourth-order valence-electron chi connectivity index (χ4n) is 2.45. The molecule has 1 amide bonds. The molecule has 3 rings (SSSR count). The van der Waals surface area contributed by atoms with Gasteiger partial charge in [-0.15, -0.1) is 0 Å². The van der Waals surface area contributed by atoms with Crippen LogP contribution in [0.5, 0.6) is 0 Å². The van der Waals surface area contributed by atoms with Gasteiger partial charge in [0, 0.05) is 6.20 Å². The molecule has 0 bridgehead atoms. The molecule has 0 spiro atoms. The van der Waals surface area contributed by atoms with E-state index in [-0.39, 0.29) is 5.82 Å². The number of nitrogens with one attached hydrogen (secondary N) is 1. The standard InChI is InChI=1S/C18H14BrF2N3O/c1-11-4-2-5-12(8-11)9-24-10-13(19)17(23-24)22-18(25)16-14(20)6-3-7-15(16)21/h2-8,10H,9H2,1H3,(H,22,23,25). The quantitative estimate of drug-likeness (QED) is 0.692. The summed E-state index contributed by atoms with van der Waals surface area (Å²) < 4.78 is 29.5. The van der Waals surface area contributed by atoms with E-state index >= 15 is 0 Å². The van der Waals surface area contributed by atoms with Crippen LogP contribution in [0.3, 0.4) is 0 Å². The summed E-state index contributed by atoms with van der Waals surface area (Å²) in [6.45, 7) is 2.50. The van der Waals surface area contributed by atoms with Crippen molar-refractivity contribution >= 4 is 27.7 Å². The maximum atomic E-state index is 13.7. The number of hydrogen-bond donors (Lipinski definition) is 1. The molecule has 1 heterocycles. The van der Waals surface area contributed by atoms with Gasteiger partial charge in [0.1, 0.15) is 17.2 Å². The van der Waals surface area contributed by atoms with E-state index < -0.39 is 23.1 Å². The third-order valence-electron chi connectivity index (χ3n) is 3.57. The molecule has 2 aromatic carbocycles. The van der Waals surface area contributed by atoms with E-state index in [0.717, 1.165) is 23.3 Å². The number of nitrogens with zero attached hydrogens (tertiary/aromatic N) is 2. The number of benzene rings is 2. The number of halogens is 3. The minimum absolute atomic E-state index is 0.195. The molecule has 1 aromatic heterocycles. The molecule has 0 atom stereocenters. The van der Waals surface area contributed by atoms with Crippen molar-refractivity contribution in [2.75, 3.05) is 5.32 Å². The van der Waals surface area contributed by atoms with Gasteiger partial charge in [-0.2, -0.15) is 5.10 Å². The van der Waals surface area contributed by atoms with Gasteiger partial charge in [0.2, 0.25) is 0 Å². The normalized spacial score (nSPS) is 10.7. The number of anilines is 1. The molecule has 0 radical (unpaired) electrons. The Labute approximate surface area is 151 Å². The predicted octanol–water partition coefficient (Wildman–Crippen LogP) is 4.53. The molecule has 0 fully saturated rings. The fourth-order valence-corrected chi connectivity index (χ4v) is 2.86. The summed E-state index contributed by atoms with van der Waals surface area (Å²) in [5.41, 5.74) is 1.54. The van der Waals surface area contributed by atoms with Crippen molar-refractivity contribution in [2.45, 2.75) is 13.5 Å². The van der Waals surface area contributed by atoms with Gasteiger partial charge in [0.25, 0.3) is 5.91 Å². The van der Waals surface area contributed by atoms with E-state index in [1.165, 1.54) is 6.07 Å². The summed E-state index contributed by atoms with van der Waals surface area (Å²) in [5, 5.41) is 6.68. The molecule has 4 nitrogen and oxygen atoms in total. The average Bonchev–Trinajstić information content (AvgIpc) is 2.86. The number of carbonyl (C=O) groups is 1. The number of hydrogen-bond acceptors (Lipinski definition) is 2. The molecule has 0 aliphatic carbocycles. The van der Waals surface area contributed by atoms with Crippen molar-refractivity contribution in [2.24, 2.45) is 0 Å². The van der Waals surface area contributed by atoms with Gasteiger partial charge in [0.15, 0.2) is 5.82 Å². The van der Waals surface area contributed by atoms with Gasteiger partial charge >= 0.3 is 0 Å². The van der Waals surface area contributed by atoms with Crippen molar-refractivity contribution in [1.29, 1.82) is 0 Å². The highest BCUT2D eigenvalue weighted by Gasteiger charge is 2.19. The van der Waals surface area contributed by atoms with Crippen LogP contribution in [0.1, 0.15) is 21.5 Å². The van der Waals surface area contributed by atoms with Gasteiger partial charge in [0.05, 0.1) is 11.0 Å². The number of carbonyl (C=O) groups excluding carboxylic acids is 1. The molecule has 1 N–H and O–H groups in total. The van der Waals surface area contributed by atoms with Gasteiger partial charge in [-0.05, 0) is 40.5 Å². The fraction of sp³-hybridized carbons (Fsp3) is 0.111. The number of aryl methyl sites for hydroxylation is 1. The maximum Gasteiger partial charge on any atom is 0.262 e. The van der Waals surface area contributed by atoms with Gasteiger partial charge < -0.3 is 5.32 Å². The first kappa shape index (κ1) is 17.3. The largest absolute Gasteiger partial charge is 0.304 e. The van der Waals surface area contributed by atoms with Crippen molar-refractivity contribution in [3.05, 3.63) is 81.5 Å². The molecule has 3 aromatic rings. The molecule has 7 heteroatoms. The highest BCUT2D eigenvalue weighted by atomic mass is 79.9. The third-order valence-corrected chi connectivity index (χ3v) is 4.15. The van der Waals surface area contributed by atoms with E-state index in [4.69, 9.17) is 0 Å². The Kier molecular flexibility index (Phi) is 4.94. The highest BCUT2D eigenvalue weighted by molar-refractivity contribution is 9.10. The number of rotatable bonds is 4. The Hall–Kier alpha value is -2.54. The van der Waals surface area contributed by atoms with Crippen LogP contribution in [-0.4, -0.2) is 15.7 Å². The topological polar surface area (TPSA) is 46.9 Å². The Bertz CT molecular complexity index is 920. The molecule has 25 heavy (non-hydrogen) atoms. The van der Waals surface area contributed by atoms with Crippen LogP contribution in [0.15, 0.2) is 53.1 Å². The minimum Gasteiger partial charge on any atom is -0.304 e. The maximum absolute atomic E-state index is 13.7. The first-order chi connectivity index (χ1) is 11.9. The van der Waals surface area contributed by atoms with Crippen molar-refractivity contribution in [1.82, 2.24) is 9.78 Å². The molecular weight excluding hydrogens is 392 g/mol. The molecule has 128 valence electrons. The van der Waals surface area contributed by atoms with Crippen LogP contribution < -0.4 is 5.32 Å². The lowest BCUT2D eigenvalue weighted by Crippen LogP contribution is -2.16. The zero-order chi connectivity index (χ0) is 18.0. The zero-order valence-corrected chi connectivity index (χ0v) is 14.8. The summed E-state index contributed by atoms with van der Waals surface area (Å²) in [6, 6.07) is 11.2. The van der Waals surface area contributed by atoms with Crippen LogP contribution in [0.25, 0.3) is 0 Å². The summed E-state index contributed by atoms with van der Waals surface area (Å²) in [4.78, 5) is 12.2. The average molecular weight is 406 g/mol. The second-order valence-electron chi connectivity index (χ2n) is 5.56. The van der Waals surface area contributed by atoms with E-state index in [1.807, 2.05) is 31.2 Å². The lowest BCUT2D eigenvalue weighted by atomic mass is 10.1. The van der Waals surface area contributed by atoms with Crippen LogP contribution in [0, 0.1) is 18.6 Å². The summed E-state index contributed by atoms with van der Waals surface area (Å²) in [6.07, 6.45) is 1.69. The van der Waals surface area contributed by atoms with Crippen molar-refractivity contribution in [3.63, 3.8) is 0 Å². The van der Waals surface area contributed by atoms with Crippen molar-refractivity contribution < 1.29 is 13.6 Å². The van der Waals surface area contributed by atoms with Gasteiger partial charge in [-0.1, -0.05) is 35.9 Å². The Morgan fingerprint density at radius 3 is 2.56 bits per heavy atom. The third kappa shape index (κ3) is 3.93. The number of amides is 1. The Balaban J connectivity index is 1.80. The molecular formula is C18H14BrF2N3O. The molecule has 0 unspecified atom stereocenters. The van der Waals surface area contributed by atoms with Crippen molar-refractivity contribution in [3.8, 4) is 0 Å². The lowest BCUT2D eigenvalue weighted by molar-refractivity contribution is 0.101. The smallest absolute Gasteiger partial charge is 0.262 e. The second-order valence-corrected chi connectivity index (χ2v) is 6.42. The van der Waals surface area contributed by atoms with Crippen LogP contribution in [0.4, 0.5) is 14.6 Å². The van der Waals surface area contributed by atoms with Crippen LogP contribution in [-0.2, 0) is 6.54 Å². The zero-order valence-electron chi connectivity index (χ0n) is 13.3. The van der Waals surface area contributed by atoms with Gasteiger partial charge in [-0.3, -0.25) is 9.48 Å². The van der Waals surface area contributed by atoms with Crippen LogP contribution >= 0.6 is 15.9 Å². The van der Waals surface area contributed by atoms with E-state index in [1.54, 1.807) is 10.9 Å². The SMILES string of the molecule is Cc1cccc(Cn2cc(Br)c(NC(=O)c3c(F)cccc3F)n2)c1. The predicted molar refractivity (Wildman–Crippen MR) is 94.5 cm³/mol. The molecule has 0 saturated carbocycles. The molecule has 0 aliphatic rings. The lowest BCUT2D eigenvalue weighted by Gasteiger charge is -2.05. The molecule has 0 saturated heterocycles. The van der Waals surface area contributed by atoms with E-state index in [2.05, 4.69) is 26.3 Å². The second kappa shape index (κ2) is 7.14. The molecule has 0 aliphatic heterocycles. The summed E-state index contributed by atoms with van der Waals surface area (Å²) in [5.74, 6) is -2.54. The Morgan fingerprint density at radius 2 is 1.88 bits per heavy atom. The van der Waals surface area contributed by atoms with Gasteiger partial charge in [-0.25, -0.2) is 8.78 Å². The number of aromatic nitrogens is 2. The van der Waals surface area contributed by atoms with Crippen LogP contribution in [0.2, 0.25) is 0 Å². The summed E-state index contributed by atoms with van der Waals surface area (Å²) in [7, 11) is 0. The highest BCUT2D eigenvalue weighted by Crippen LogP contribution is 2.22. The van der Waals surface area contributed by atoms with E-state index in [0.29, 0.717) is 11.0 Å². The Morgan fingerprint density at radius 1 is 1.20 bits per heavy atom. The first-order valence-corrected chi connectivity index (χ1v) is 8.27. The monoisotopic (exact) mass is 405 g/mol. The summed E-state index contributed by atoms with van der Waals surface area (Å²) >= 11 is 3.30. The van der Waals surface area contributed by atoms with E-state index in [9.17, 15) is 13.6 Å². The minimum atomic E-state index is -0.923. The first-order valence-electron chi connectivity index (χ1n) is 7.48.